The third-order valence-electron chi connectivity index (χ3n) is 6.52. The van der Waals surface area contributed by atoms with Crippen LogP contribution in [0.25, 0.3) is 0 Å². The van der Waals surface area contributed by atoms with Crippen LogP contribution in [0.15, 0.2) is 30.3 Å². The standard InChI is InChI=1S/C25H37NO5/c1-17-16-29-14-12-21(17)26-20-11-13-25(15-20,23(28)31-24(3,4)5)18(2)30-22(27)19-9-7-6-8-10-19/h6-10,17-18,20-21,26H,11-16H2,1-5H3/t17-,18?,20?,21?,25+/m1/s1. The molecule has 1 heterocycles. The number of ether oxygens (including phenoxy) is 3. The number of benzene rings is 1. The molecule has 3 rings (SSSR count). The highest BCUT2D eigenvalue weighted by atomic mass is 16.6. The number of esters is 2. The molecule has 6 nitrogen and oxygen atoms in total. The molecule has 5 atom stereocenters. The highest BCUT2D eigenvalue weighted by Crippen LogP contribution is 2.45. The summed E-state index contributed by atoms with van der Waals surface area (Å²) < 4.78 is 17.2. The van der Waals surface area contributed by atoms with E-state index in [9.17, 15) is 9.59 Å². The first-order chi connectivity index (χ1) is 14.6. The quantitative estimate of drug-likeness (QED) is 0.683. The predicted molar refractivity (Wildman–Crippen MR) is 119 cm³/mol. The Morgan fingerprint density at radius 2 is 1.90 bits per heavy atom. The average Bonchev–Trinajstić information content (AvgIpc) is 3.14. The Kier molecular flexibility index (Phi) is 7.43. The first-order valence-corrected chi connectivity index (χ1v) is 11.4. The lowest BCUT2D eigenvalue weighted by molar-refractivity contribution is -0.174. The van der Waals surface area contributed by atoms with E-state index in [2.05, 4.69) is 12.2 Å². The lowest BCUT2D eigenvalue weighted by Gasteiger charge is -2.36. The minimum Gasteiger partial charge on any atom is -0.459 e. The van der Waals surface area contributed by atoms with Gasteiger partial charge in [-0.3, -0.25) is 4.79 Å². The summed E-state index contributed by atoms with van der Waals surface area (Å²) in [5.74, 6) is -0.262. The Bertz CT molecular complexity index is 759. The molecule has 0 bridgehead atoms. The van der Waals surface area contributed by atoms with Gasteiger partial charge in [-0.15, -0.1) is 0 Å². The van der Waals surface area contributed by atoms with Gasteiger partial charge in [-0.1, -0.05) is 25.1 Å². The van der Waals surface area contributed by atoms with Gasteiger partial charge in [0.15, 0.2) is 0 Å². The average molecular weight is 432 g/mol. The van der Waals surface area contributed by atoms with E-state index in [0.717, 1.165) is 26.1 Å². The van der Waals surface area contributed by atoms with Crippen molar-refractivity contribution in [2.45, 2.75) is 84.1 Å². The van der Waals surface area contributed by atoms with E-state index in [1.54, 1.807) is 24.3 Å². The van der Waals surface area contributed by atoms with E-state index >= 15 is 0 Å². The molecule has 0 radical (unpaired) electrons. The number of carbonyl (C=O) groups is 2. The fraction of sp³-hybridized carbons (Fsp3) is 0.680. The molecule has 1 aromatic rings. The maximum Gasteiger partial charge on any atom is 0.338 e. The fourth-order valence-electron chi connectivity index (χ4n) is 4.66. The molecule has 1 aliphatic heterocycles. The molecule has 1 saturated heterocycles. The summed E-state index contributed by atoms with van der Waals surface area (Å²) in [5.41, 5.74) is -0.977. The first kappa shape index (κ1) is 23.7. The summed E-state index contributed by atoms with van der Waals surface area (Å²) in [4.78, 5) is 26.1. The summed E-state index contributed by atoms with van der Waals surface area (Å²) in [6.45, 7) is 11.1. The summed E-state index contributed by atoms with van der Waals surface area (Å²) in [5, 5.41) is 3.75. The van der Waals surface area contributed by atoms with Crippen LogP contribution in [0.3, 0.4) is 0 Å². The van der Waals surface area contributed by atoms with Crippen molar-refractivity contribution in [3.8, 4) is 0 Å². The molecule has 2 aliphatic rings. The zero-order valence-corrected chi connectivity index (χ0v) is 19.5. The Balaban J connectivity index is 1.75. The fourth-order valence-corrected chi connectivity index (χ4v) is 4.66. The van der Waals surface area contributed by atoms with Crippen LogP contribution >= 0.6 is 0 Å². The number of nitrogens with one attached hydrogen (secondary N) is 1. The molecular formula is C25H37NO5. The Labute approximate surface area is 186 Å². The summed E-state index contributed by atoms with van der Waals surface area (Å²) in [7, 11) is 0. The van der Waals surface area contributed by atoms with Crippen molar-refractivity contribution < 1.29 is 23.8 Å². The zero-order chi connectivity index (χ0) is 22.6. The molecule has 0 aromatic heterocycles. The van der Waals surface area contributed by atoms with Gasteiger partial charge in [0.05, 0.1) is 12.2 Å². The van der Waals surface area contributed by atoms with E-state index < -0.39 is 23.1 Å². The highest BCUT2D eigenvalue weighted by molar-refractivity contribution is 5.90. The molecule has 1 aromatic carbocycles. The SMILES string of the molecule is CC(OC(=O)c1ccccc1)[C@]1(C(=O)OC(C)(C)C)CCC(NC2CCOC[C@H]2C)C1. The predicted octanol–water partition coefficient (Wildman–Crippen LogP) is 4.13. The number of hydrogen-bond donors (Lipinski definition) is 1. The van der Waals surface area contributed by atoms with Gasteiger partial charge < -0.3 is 19.5 Å². The van der Waals surface area contributed by atoms with E-state index in [-0.39, 0.29) is 12.0 Å². The number of rotatable bonds is 6. The van der Waals surface area contributed by atoms with Gasteiger partial charge in [-0.05, 0) is 71.4 Å². The van der Waals surface area contributed by atoms with Crippen LogP contribution in [0.1, 0.15) is 70.7 Å². The number of carbonyl (C=O) groups excluding carboxylic acids is 2. The second-order valence-corrected chi connectivity index (χ2v) is 10.1. The summed E-state index contributed by atoms with van der Waals surface area (Å²) >= 11 is 0. The van der Waals surface area contributed by atoms with Crippen molar-refractivity contribution in [1.82, 2.24) is 5.32 Å². The van der Waals surface area contributed by atoms with Crippen molar-refractivity contribution in [2.75, 3.05) is 13.2 Å². The van der Waals surface area contributed by atoms with Gasteiger partial charge in [0.1, 0.15) is 17.1 Å². The molecule has 3 unspecified atom stereocenters. The number of hydrogen-bond acceptors (Lipinski definition) is 6. The normalized spacial score (nSPS) is 29.9. The van der Waals surface area contributed by atoms with Gasteiger partial charge in [0.2, 0.25) is 0 Å². The molecule has 0 amide bonds. The molecule has 2 fully saturated rings. The molecule has 0 spiro atoms. The molecule has 1 saturated carbocycles. The zero-order valence-electron chi connectivity index (χ0n) is 19.5. The maximum absolute atomic E-state index is 13.4. The van der Waals surface area contributed by atoms with Crippen LogP contribution in [-0.4, -0.2) is 48.9 Å². The van der Waals surface area contributed by atoms with Crippen LogP contribution < -0.4 is 5.32 Å². The molecule has 31 heavy (non-hydrogen) atoms. The lowest BCUT2D eigenvalue weighted by Crippen LogP contribution is -2.49. The Morgan fingerprint density at radius 3 is 2.55 bits per heavy atom. The van der Waals surface area contributed by atoms with Crippen molar-refractivity contribution in [1.29, 1.82) is 0 Å². The first-order valence-electron chi connectivity index (χ1n) is 11.4. The van der Waals surface area contributed by atoms with Crippen LogP contribution in [0.2, 0.25) is 0 Å². The third kappa shape index (κ3) is 5.86. The monoisotopic (exact) mass is 431 g/mol. The second kappa shape index (κ2) is 9.70. The van der Waals surface area contributed by atoms with Crippen LogP contribution in [0.5, 0.6) is 0 Å². The smallest absolute Gasteiger partial charge is 0.338 e. The lowest BCUT2D eigenvalue weighted by atomic mass is 9.80. The van der Waals surface area contributed by atoms with Crippen molar-refractivity contribution >= 4 is 11.9 Å². The Hall–Kier alpha value is -1.92. The van der Waals surface area contributed by atoms with Crippen LogP contribution in [-0.2, 0) is 19.0 Å². The summed E-state index contributed by atoms with van der Waals surface area (Å²) in [6.07, 6.45) is 2.44. The van der Waals surface area contributed by atoms with Crippen LogP contribution in [0, 0.1) is 11.3 Å². The van der Waals surface area contributed by atoms with E-state index in [4.69, 9.17) is 14.2 Å². The minimum absolute atomic E-state index is 0.177. The maximum atomic E-state index is 13.4. The van der Waals surface area contributed by atoms with E-state index in [1.807, 2.05) is 33.8 Å². The molecule has 1 aliphatic carbocycles. The summed E-state index contributed by atoms with van der Waals surface area (Å²) in [6, 6.07) is 9.45. The molecular weight excluding hydrogens is 394 g/mol. The van der Waals surface area contributed by atoms with Gasteiger partial charge in [0.25, 0.3) is 0 Å². The van der Waals surface area contributed by atoms with Crippen LogP contribution in [0.4, 0.5) is 0 Å². The molecule has 172 valence electrons. The Morgan fingerprint density at radius 1 is 1.19 bits per heavy atom. The topological polar surface area (TPSA) is 73.9 Å². The van der Waals surface area contributed by atoms with Crippen molar-refractivity contribution in [2.24, 2.45) is 11.3 Å². The largest absolute Gasteiger partial charge is 0.459 e. The molecule has 6 heteroatoms. The highest BCUT2D eigenvalue weighted by Gasteiger charge is 2.53. The second-order valence-electron chi connectivity index (χ2n) is 10.1. The minimum atomic E-state index is -0.857. The van der Waals surface area contributed by atoms with Crippen molar-refractivity contribution in [3.63, 3.8) is 0 Å². The molecule has 1 N–H and O–H groups in total. The van der Waals surface area contributed by atoms with Gasteiger partial charge in [0, 0.05) is 18.7 Å². The van der Waals surface area contributed by atoms with Crippen molar-refractivity contribution in [3.05, 3.63) is 35.9 Å². The van der Waals surface area contributed by atoms with E-state index in [0.29, 0.717) is 30.4 Å². The third-order valence-corrected chi connectivity index (χ3v) is 6.52. The van der Waals surface area contributed by atoms with Gasteiger partial charge in [-0.2, -0.15) is 0 Å². The van der Waals surface area contributed by atoms with Gasteiger partial charge >= 0.3 is 11.9 Å². The van der Waals surface area contributed by atoms with E-state index in [1.165, 1.54) is 0 Å². The van der Waals surface area contributed by atoms with Gasteiger partial charge in [-0.25, -0.2) is 4.79 Å².